The van der Waals surface area contributed by atoms with Crippen molar-refractivity contribution in [2.75, 3.05) is 13.2 Å². The Bertz CT molecular complexity index is 925. The monoisotopic (exact) mass is 392 g/mol. The van der Waals surface area contributed by atoms with Gasteiger partial charge in [-0.05, 0) is 67.4 Å². The fraction of sp³-hybridized carbons (Fsp3) is 0.217. The van der Waals surface area contributed by atoms with E-state index in [1.54, 1.807) is 11.0 Å². The number of amidine groups is 1. The quantitative estimate of drug-likeness (QED) is 0.482. The maximum atomic E-state index is 12.8. The number of benzene rings is 2. The summed E-state index contributed by atoms with van der Waals surface area (Å²) in [4.78, 5) is 20.1. The summed E-state index contributed by atoms with van der Waals surface area (Å²) in [6.45, 7) is 10.7. The van der Waals surface area contributed by atoms with Gasteiger partial charge in [-0.3, -0.25) is 9.69 Å². The Morgan fingerprint density at radius 3 is 2.43 bits per heavy atom. The van der Waals surface area contributed by atoms with Gasteiger partial charge >= 0.3 is 0 Å². The second-order valence-corrected chi connectivity index (χ2v) is 7.47. The van der Waals surface area contributed by atoms with Crippen molar-refractivity contribution in [3.63, 3.8) is 0 Å². The second kappa shape index (κ2) is 8.93. The number of para-hydroxylation sites is 1. The number of amides is 1. The van der Waals surface area contributed by atoms with Gasteiger partial charge in [-0.15, -0.1) is 0 Å². The van der Waals surface area contributed by atoms with Crippen molar-refractivity contribution in [3.05, 3.63) is 76.7 Å². The van der Waals surface area contributed by atoms with E-state index in [9.17, 15) is 4.79 Å². The van der Waals surface area contributed by atoms with Gasteiger partial charge in [-0.2, -0.15) is 0 Å². The topological polar surface area (TPSA) is 41.9 Å². The predicted molar refractivity (Wildman–Crippen MR) is 118 cm³/mol. The highest BCUT2D eigenvalue weighted by molar-refractivity contribution is 8.18. The maximum absolute atomic E-state index is 12.8. The summed E-state index contributed by atoms with van der Waals surface area (Å²) in [6.07, 6.45) is 3.61. The predicted octanol–water partition coefficient (Wildman–Crippen LogP) is 5.49. The Kier molecular flexibility index (Phi) is 6.37. The number of rotatable bonds is 6. The Morgan fingerprint density at radius 1 is 1.14 bits per heavy atom. The van der Waals surface area contributed by atoms with Crippen LogP contribution in [-0.4, -0.2) is 29.1 Å². The van der Waals surface area contributed by atoms with Crippen LogP contribution in [0, 0.1) is 13.8 Å². The lowest BCUT2D eigenvalue weighted by Gasteiger charge is -2.13. The number of aliphatic imine (C=N–C) groups is 1. The van der Waals surface area contributed by atoms with Crippen LogP contribution in [0.25, 0.3) is 6.08 Å². The molecule has 1 aliphatic heterocycles. The van der Waals surface area contributed by atoms with Gasteiger partial charge in [0.05, 0.1) is 10.6 Å². The molecule has 0 aromatic heterocycles. The zero-order valence-electron chi connectivity index (χ0n) is 16.4. The van der Waals surface area contributed by atoms with E-state index in [0.717, 1.165) is 33.3 Å². The molecule has 0 spiro atoms. The van der Waals surface area contributed by atoms with Crippen LogP contribution in [0.1, 0.15) is 23.6 Å². The van der Waals surface area contributed by atoms with Crippen LogP contribution in [0.4, 0.5) is 5.69 Å². The van der Waals surface area contributed by atoms with Crippen LogP contribution in [-0.2, 0) is 4.79 Å². The van der Waals surface area contributed by atoms with Crippen molar-refractivity contribution < 1.29 is 9.53 Å². The van der Waals surface area contributed by atoms with Crippen LogP contribution in [0.2, 0.25) is 0 Å². The van der Waals surface area contributed by atoms with Crippen molar-refractivity contribution in [3.8, 4) is 5.75 Å². The number of carbonyl (C=O) groups excluding carboxylic acids is 1. The summed E-state index contributed by atoms with van der Waals surface area (Å²) in [6, 6.07) is 13.8. The molecule has 1 aliphatic rings. The number of nitrogens with zero attached hydrogens (tertiary/aromatic N) is 2. The van der Waals surface area contributed by atoms with E-state index >= 15 is 0 Å². The number of hydrogen-bond acceptors (Lipinski definition) is 4. The van der Waals surface area contributed by atoms with Crippen molar-refractivity contribution in [2.45, 2.75) is 20.8 Å². The van der Waals surface area contributed by atoms with E-state index in [4.69, 9.17) is 9.73 Å². The third kappa shape index (κ3) is 4.37. The molecule has 0 N–H and O–H groups in total. The average Bonchev–Trinajstić information content (AvgIpc) is 2.98. The third-order valence-corrected chi connectivity index (χ3v) is 5.40. The minimum absolute atomic E-state index is 0.00975. The molecule has 1 fully saturated rings. The smallest absolute Gasteiger partial charge is 0.266 e. The molecular formula is C23H24N2O2S. The summed E-state index contributed by atoms with van der Waals surface area (Å²) in [5.74, 6) is 0.768. The molecule has 1 amide bonds. The summed E-state index contributed by atoms with van der Waals surface area (Å²) < 4.78 is 5.50. The average molecular weight is 393 g/mol. The molecule has 3 rings (SSSR count). The number of aryl methyl sites for hydroxylation is 2. The van der Waals surface area contributed by atoms with Gasteiger partial charge in [-0.1, -0.05) is 43.0 Å². The molecule has 2 aromatic carbocycles. The first-order chi connectivity index (χ1) is 13.5. The molecule has 2 aromatic rings. The fourth-order valence-corrected chi connectivity index (χ4v) is 3.96. The van der Waals surface area contributed by atoms with Gasteiger partial charge in [-0.25, -0.2) is 4.99 Å². The number of ether oxygens (including phenoxy) is 1. The Hall–Kier alpha value is -2.79. The first-order valence-corrected chi connectivity index (χ1v) is 10.0. The largest absolute Gasteiger partial charge is 0.490 e. The molecule has 4 nitrogen and oxygen atoms in total. The van der Waals surface area contributed by atoms with Crippen LogP contribution in [0.15, 0.2) is 65.0 Å². The molecule has 0 atom stereocenters. The molecule has 0 unspecified atom stereocenters. The molecule has 5 heteroatoms. The molecule has 144 valence electrons. The molecule has 0 aliphatic carbocycles. The van der Waals surface area contributed by atoms with Crippen LogP contribution >= 0.6 is 11.8 Å². The maximum Gasteiger partial charge on any atom is 0.266 e. The standard InChI is InChI=1S/C23H24N2O2S/c1-5-14-27-19-12-10-18(11-13-19)15-20-22(26)25(6-2)23(28-20)24-21-16(3)8-7-9-17(21)4/h5,7-13,15H,1,6,14H2,2-4H3/b20-15+,24-23?. The molecule has 0 radical (unpaired) electrons. The van der Waals surface area contributed by atoms with E-state index in [1.165, 1.54) is 11.8 Å². The SMILES string of the molecule is C=CCOc1ccc(/C=C2/SC(=Nc3c(C)cccc3C)N(CC)C2=O)cc1. The van der Waals surface area contributed by atoms with E-state index in [2.05, 4.69) is 6.58 Å². The second-order valence-electron chi connectivity index (χ2n) is 6.46. The van der Waals surface area contributed by atoms with E-state index in [1.807, 2.05) is 69.3 Å². The highest BCUT2D eigenvalue weighted by Crippen LogP contribution is 2.35. The lowest BCUT2D eigenvalue weighted by Crippen LogP contribution is -2.28. The van der Waals surface area contributed by atoms with Crippen LogP contribution in [0.3, 0.4) is 0 Å². The molecule has 0 saturated carbocycles. The van der Waals surface area contributed by atoms with Gasteiger partial charge in [0.2, 0.25) is 0 Å². The normalized spacial score (nSPS) is 16.8. The lowest BCUT2D eigenvalue weighted by molar-refractivity contribution is -0.122. The van der Waals surface area contributed by atoms with E-state index in [-0.39, 0.29) is 5.91 Å². The summed E-state index contributed by atoms with van der Waals surface area (Å²) in [7, 11) is 0. The van der Waals surface area contributed by atoms with Gasteiger partial charge in [0.1, 0.15) is 12.4 Å². The van der Waals surface area contributed by atoms with E-state index in [0.29, 0.717) is 18.1 Å². The number of carbonyl (C=O) groups is 1. The van der Waals surface area contributed by atoms with Gasteiger partial charge in [0.25, 0.3) is 5.91 Å². The molecular weight excluding hydrogens is 368 g/mol. The van der Waals surface area contributed by atoms with Crippen LogP contribution < -0.4 is 4.74 Å². The number of likely N-dealkylation sites (N-methyl/N-ethyl adjacent to an activating group) is 1. The Morgan fingerprint density at radius 2 is 1.82 bits per heavy atom. The van der Waals surface area contributed by atoms with Crippen molar-refractivity contribution >= 4 is 34.6 Å². The minimum atomic E-state index is -0.00975. The Balaban J connectivity index is 1.88. The third-order valence-electron chi connectivity index (χ3n) is 4.40. The first-order valence-electron chi connectivity index (χ1n) is 9.23. The van der Waals surface area contributed by atoms with Gasteiger partial charge < -0.3 is 4.74 Å². The molecule has 1 saturated heterocycles. The summed E-state index contributed by atoms with van der Waals surface area (Å²) in [5.41, 5.74) is 4.08. The summed E-state index contributed by atoms with van der Waals surface area (Å²) >= 11 is 1.42. The molecule has 1 heterocycles. The van der Waals surface area contributed by atoms with Gasteiger partial charge in [0, 0.05) is 6.54 Å². The fourth-order valence-electron chi connectivity index (χ4n) is 2.91. The van der Waals surface area contributed by atoms with Crippen LogP contribution in [0.5, 0.6) is 5.75 Å². The zero-order chi connectivity index (χ0) is 20.1. The van der Waals surface area contributed by atoms with Gasteiger partial charge in [0.15, 0.2) is 5.17 Å². The zero-order valence-corrected chi connectivity index (χ0v) is 17.3. The highest BCUT2D eigenvalue weighted by Gasteiger charge is 2.32. The lowest BCUT2D eigenvalue weighted by atomic mass is 10.1. The Labute approximate surface area is 170 Å². The molecule has 28 heavy (non-hydrogen) atoms. The first kappa shape index (κ1) is 20.0. The van der Waals surface area contributed by atoms with Crippen molar-refractivity contribution in [2.24, 2.45) is 4.99 Å². The summed E-state index contributed by atoms with van der Waals surface area (Å²) in [5, 5.41) is 0.724. The highest BCUT2D eigenvalue weighted by atomic mass is 32.2. The van der Waals surface area contributed by atoms with E-state index < -0.39 is 0 Å². The minimum Gasteiger partial charge on any atom is -0.490 e. The van der Waals surface area contributed by atoms with Crippen molar-refractivity contribution in [1.82, 2.24) is 4.90 Å². The number of hydrogen-bond donors (Lipinski definition) is 0. The number of thioether (sulfide) groups is 1. The van der Waals surface area contributed by atoms with Crippen molar-refractivity contribution in [1.29, 1.82) is 0 Å². The molecule has 0 bridgehead atoms.